The summed E-state index contributed by atoms with van der Waals surface area (Å²) in [6.07, 6.45) is -6.78. The number of hydrogen-bond donors (Lipinski definition) is 9. The number of thiazole rings is 1. The van der Waals surface area contributed by atoms with E-state index in [1.165, 1.54) is 34.4 Å². The van der Waals surface area contributed by atoms with Crippen LogP contribution in [0.4, 0.5) is 22.0 Å². The molecule has 3 saturated carbocycles. The van der Waals surface area contributed by atoms with Crippen LogP contribution >= 0.6 is 11.3 Å². The maximum Gasteiger partial charge on any atom is 0.413 e. The molecule has 25 heteroatoms. The third-order valence-electron chi connectivity index (χ3n) is 19.3. The molecule has 2 saturated heterocycles. The number of nitrogens with zero attached hydrogens (tertiary/aromatic N) is 2. The fraction of sp³-hybridized carbons (Fsp3) is 0.397. The molecule has 9 N–H and O–H groups in total. The third-order valence-corrected chi connectivity index (χ3v) is 20.2. The predicted molar refractivity (Wildman–Crippen MR) is 329 cm³/mol. The van der Waals surface area contributed by atoms with Crippen LogP contribution in [0.1, 0.15) is 97.1 Å². The van der Waals surface area contributed by atoms with Gasteiger partial charge in [-0.2, -0.15) is 0 Å². The van der Waals surface area contributed by atoms with E-state index >= 15 is 0 Å². The lowest BCUT2D eigenvalue weighted by atomic mass is 9.46. The van der Waals surface area contributed by atoms with Crippen molar-refractivity contribution in [1.82, 2.24) is 10.3 Å². The van der Waals surface area contributed by atoms with Crippen molar-refractivity contribution in [2.45, 2.75) is 127 Å². The van der Waals surface area contributed by atoms with Gasteiger partial charge in [0.2, 0.25) is 23.9 Å². The van der Waals surface area contributed by atoms with Gasteiger partial charge in [-0.25, -0.2) is 14.6 Å². The van der Waals surface area contributed by atoms with Gasteiger partial charge >= 0.3 is 12.1 Å². The summed E-state index contributed by atoms with van der Waals surface area (Å²) in [4.78, 5) is 111. The summed E-state index contributed by atoms with van der Waals surface area (Å²) in [6, 6.07) is 25.6. The van der Waals surface area contributed by atoms with Crippen molar-refractivity contribution in [3.8, 4) is 17.6 Å². The monoisotopic (exact) mass is 1290 g/mol. The number of aliphatic hydroxyl groups excluding tert-OH is 5. The van der Waals surface area contributed by atoms with E-state index in [0.717, 1.165) is 23.1 Å². The van der Waals surface area contributed by atoms with Gasteiger partial charge in [-0.05, 0) is 96.7 Å². The first-order valence-corrected chi connectivity index (χ1v) is 31.3. The highest BCUT2D eigenvalue weighted by atomic mass is 32.1. The van der Waals surface area contributed by atoms with Crippen LogP contribution in [-0.2, 0) is 72.1 Å². The molecular formula is C68H67N5O19S. The Morgan fingerprint density at radius 2 is 1.61 bits per heavy atom. The van der Waals surface area contributed by atoms with E-state index < -0.39 is 133 Å². The first kappa shape index (κ1) is 64.3. The molecule has 24 nitrogen and oxygen atoms in total. The SMILES string of the molecule is C[C@]12C=CC(=O)C=C1CC[C@@H]1[C@@H]2[C@@H](O)C[C@@]2(C)[C@H]1C[C@H]1O[C@@H](c3ccc(Cc4nc(NC(=O)OCc5ccc(O[C@@H]6O[C@H](C(=O)O)[C@@H](O)[C@H](O)[C@H]6O)c(NC(=O)CCNC(=O)C(=O)CC(=O)N6Cc7ccccc7C#Cc7ccccc76)c5)cs4)cc3)O[C@]12C(=O)CO. The first-order chi connectivity index (χ1) is 44.6. The highest BCUT2D eigenvalue weighted by Crippen LogP contribution is 2.70. The Balaban J connectivity index is 0.655. The number of ketones is 3. The van der Waals surface area contributed by atoms with E-state index in [1.54, 1.807) is 47.9 Å². The van der Waals surface area contributed by atoms with E-state index in [9.17, 15) is 69.0 Å². The van der Waals surface area contributed by atoms with Crippen molar-refractivity contribution < 1.29 is 92.7 Å². The number of carbonyl (C=O) groups is 8. The van der Waals surface area contributed by atoms with E-state index in [0.29, 0.717) is 46.6 Å². The number of anilines is 3. The second-order valence-electron chi connectivity index (χ2n) is 24.8. The van der Waals surface area contributed by atoms with E-state index in [-0.39, 0.29) is 65.9 Å². The quantitative estimate of drug-likeness (QED) is 0.0326. The number of Topliss-reactive ketones (excluding diaryl/α,β-unsaturated/α-hetero) is 2. The zero-order valence-electron chi connectivity index (χ0n) is 50.4. The van der Waals surface area contributed by atoms with Gasteiger partial charge in [-0.15, -0.1) is 11.3 Å². The van der Waals surface area contributed by atoms with Crippen molar-refractivity contribution in [3.05, 3.63) is 159 Å². The standard InChI is InChI=1S/C68H67N5O19S/c1-66-23-21-42(75)27-41(66)18-19-43-44-28-51-68(50(78)32-74,67(44,2)30-48(77)56(43)66)92-63(90-51)39-14-11-35(12-15-39)26-54-71-52(34-93-54)72-65(87)88-33-36-13-20-49(89-64-59(83)57(81)58(82)60(91-64)62(85)86)45(25-36)70-53(79)22-24-69-61(84)47(76)29-55(80)73-31-40-9-4-3-7-37(40)16-17-38-8-5-6-10-46(38)73/h3-15,20-21,23,25,27,34,43-44,48,51,56-60,63-64,74,77,81-83H,18-19,22,24,26,28-33H2,1-2H3,(H,69,84)(H,70,79)(H,72,87)(H,85,86)/t43-,44-,48-,51+,56+,57-,58-,59+,60-,63+,64+,66-,67-,68+/m0/s1. The van der Waals surface area contributed by atoms with Gasteiger partial charge < -0.3 is 69.9 Å². The van der Waals surface area contributed by atoms with Crippen molar-refractivity contribution in [2.24, 2.45) is 28.6 Å². The molecule has 14 atom stereocenters. The van der Waals surface area contributed by atoms with Crippen LogP contribution in [-0.4, -0.2) is 144 Å². The summed E-state index contributed by atoms with van der Waals surface area (Å²) in [5.74, 6) is 0.0685. The minimum absolute atomic E-state index is 0.0124. The number of amides is 4. The van der Waals surface area contributed by atoms with Crippen LogP contribution in [0.15, 0.2) is 120 Å². The molecule has 7 aliphatic rings. The zero-order chi connectivity index (χ0) is 65.7. The number of allylic oxidation sites excluding steroid dienone is 4. The van der Waals surface area contributed by atoms with Gasteiger partial charge in [-0.1, -0.05) is 98.0 Å². The molecule has 12 rings (SSSR count). The number of aliphatic carboxylic acids is 1. The van der Waals surface area contributed by atoms with E-state index in [4.69, 9.17) is 23.7 Å². The third kappa shape index (κ3) is 12.3. The molecule has 0 spiro atoms. The molecular weight excluding hydrogens is 1220 g/mol. The number of carbonyl (C=O) groups excluding carboxylic acids is 7. The summed E-state index contributed by atoms with van der Waals surface area (Å²) in [5, 5.41) is 73.3. The Morgan fingerprint density at radius 3 is 2.39 bits per heavy atom. The molecule has 0 radical (unpaired) electrons. The van der Waals surface area contributed by atoms with Gasteiger partial charge in [0, 0.05) is 58.2 Å². The number of rotatable bonds is 18. The zero-order valence-corrected chi connectivity index (χ0v) is 51.2. The second kappa shape index (κ2) is 25.9. The number of nitrogens with one attached hydrogen (secondary N) is 3. The topological polar surface area (TPSA) is 356 Å². The lowest BCUT2D eigenvalue weighted by molar-refractivity contribution is -0.271. The average Bonchev–Trinajstić information content (AvgIpc) is 1.55. The molecule has 1 aromatic heterocycles. The molecule has 93 heavy (non-hydrogen) atoms. The molecule has 4 aromatic carbocycles. The Hall–Kier alpha value is -8.81. The fourth-order valence-corrected chi connectivity index (χ4v) is 15.6. The number of benzene rings is 4. The van der Waals surface area contributed by atoms with Gasteiger partial charge in [0.1, 0.15) is 43.1 Å². The minimum Gasteiger partial charge on any atom is -0.479 e. The summed E-state index contributed by atoms with van der Waals surface area (Å²) in [5.41, 5.74) is 2.20. The van der Waals surface area contributed by atoms with Crippen molar-refractivity contribution in [2.75, 3.05) is 28.7 Å². The Labute approximate surface area is 536 Å². The number of carboxylic acid groups (broad SMARTS) is 1. The van der Waals surface area contributed by atoms with Gasteiger partial charge in [0.15, 0.2) is 29.6 Å². The number of carboxylic acids is 1. The highest BCUT2D eigenvalue weighted by Gasteiger charge is 2.76. The average molecular weight is 1290 g/mol. The summed E-state index contributed by atoms with van der Waals surface area (Å²) in [7, 11) is 0. The highest BCUT2D eigenvalue weighted by molar-refractivity contribution is 7.10. The van der Waals surface area contributed by atoms with Crippen molar-refractivity contribution in [3.63, 3.8) is 0 Å². The molecule has 3 aliphatic heterocycles. The molecule has 0 bridgehead atoms. The van der Waals surface area contributed by atoms with Gasteiger partial charge in [0.25, 0.3) is 5.91 Å². The Bertz CT molecular complexity index is 3970. The van der Waals surface area contributed by atoms with Crippen LogP contribution in [0.3, 0.4) is 0 Å². The minimum atomic E-state index is -2.03. The molecule has 484 valence electrons. The lowest BCUT2D eigenvalue weighted by Crippen LogP contribution is -2.63. The maximum absolute atomic E-state index is 14.1. The number of aliphatic hydroxyl groups is 5. The second-order valence-corrected chi connectivity index (χ2v) is 25.8. The molecule has 5 aromatic rings. The van der Waals surface area contributed by atoms with Crippen molar-refractivity contribution >= 4 is 75.7 Å². The van der Waals surface area contributed by atoms with Crippen LogP contribution in [0, 0.1) is 40.4 Å². The Morgan fingerprint density at radius 1 is 0.871 bits per heavy atom. The Kier molecular flexibility index (Phi) is 17.9. The number of hydrogen-bond acceptors (Lipinski definition) is 20. The summed E-state index contributed by atoms with van der Waals surface area (Å²) in [6.45, 7) is 2.60. The van der Waals surface area contributed by atoms with Crippen molar-refractivity contribution in [1.29, 1.82) is 0 Å². The molecule has 0 unspecified atom stereocenters. The molecule has 4 amide bonds. The maximum atomic E-state index is 14.1. The number of para-hydroxylation sites is 1. The number of fused-ring (bicyclic) bond motifs is 9. The fourth-order valence-electron chi connectivity index (χ4n) is 14.8. The largest absolute Gasteiger partial charge is 0.479 e. The van der Waals surface area contributed by atoms with Crippen LogP contribution in [0.5, 0.6) is 5.75 Å². The van der Waals surface area contributed by atoms with Gasteiger partial charge in [0.05, 0.1) is 41.6 Å². The lowest BCUT2D eigenvalue weighted by Gasteiger charge is -2.59. The predicted octanol–water partition coefficient (Wildman–Crippen LogP) is 4.71. The van der Waals surface area contributed by atoms with Crippen LogP contribution < -0.4 is 25.6 Å². The number of ether oxygens (including phenoxy) is 5. The number of aromatic nitrogens is 1. The molecule has 4 aliphatic carbocycles. The van der Waals surface area contributed by atoms with Crippen LogP contribution in [0.2, 0.25) is 0 Å². The normalized spacial score (nSPS) is 29.5. The smallest absolute Gasteiger partial charge is 0.413 e. The van der Waals surface area contributed by atoms with Crippen LogP contribution in [0.25, 0.3) is 0 Å². The molecule has 4 heterocycles. The summed E-state index contributed by atoms with van der Waals surface area (Å²) >= 11 is 1.27. The van der Waals surface area contributed by atoms with Gasteiger partial charge in [-0.3, -0.25) is 34.1 Å². The molecule has 5 fully saturated rings. The van der Waals surface area contributed by atoms with E-state index in [1.807, 2.05) is 55.5 Å². The first-order valence-electron chi connectivity index (χ1n) is 30.5. The van der Waals surface area contributed by atoms with E-state index in [2.05, 4.69) is 39.7 Å². The summed E-state index contributed by atoms with van der Waals surface area (Å²) < 4.78 is 30.0.